The minimum absolute atomic E-state index is 0.194. The molecule has 5 nitrogen and oxygen atoms in total. The van der Waals surface area contributed by atoms with E-state index < -0.39 is 11.7 Å². The van der Waals surface area contributed by atoms with Crippen molar-refractivity contribution in [2.24, 2.45) is 0 Å². The molecule has 0 bridgehead atoms. The maximum absolute atomic E-state index is 11.7. The molecule has 0 aliphatic heterocycles. The van der Waals surface area contributed by atoms with Gasteiger partial charge in [0, 0.05) is 7.11 Å². The maximum Gasteiger partial charge on any atom is 0.408 e. The normalized spacial score (nSPS) is 13.1. The van der Waals surface area contributed by atoms with Crippen molar-refractivity contribution >= 4 is 6.09 Å². The second kappa shape index (κ2) is 6.61. The summed E-state index contributed by atoms with van der Waals surface area (Å²) in [7, 11) is 1.61. The zero-order chi connectivity index (χ0) is 14.5. The Labute approximate surface area is 114 Å². The summed E-state index contributed by atoms with van der Waals surface area (Å²) in [5.41, 5.74) is -0.507. The van der Waals surface area contributed by atoms with Gasteiger partial charge in [-0.3, -0.25) is 0 Å². The quantitative estimate of drug-likeness (QED) is 0.890. The van der Waals surface area contributed by atoms with Crippen molar-refractivity contribution in [2.45, 2.75) is 52.4 Å². The van der Waals surface area contributed by atoms with Gasteiger partial charge in [0.1, 0.15) is 23.7 Å². The molecule has 108 valence electrons. The Morgan fingerprint density at radius 1 is 1.42 bits per heavy atom. The number of carbonyl (C=O) groups is 1. The van der Waals surface area contributed by atoms with Crippen LogP contribution in [0, 0.1) is 0 Å². The largest absolute Gasteiger partial charge is 0.461 e. The third kappa shape index (κ3) is 5.34. The Balaban J connectivity index is 2.64. The van der Waals surface area contributed by atoms with Crippen LogP contribution in [-0.2, 0) is 16.1 Å². The SMILES string of the molecule is CCC(NC(=O)OC(C)(C)C)c1ccc(COC)o1. The zero-order valence-electron chi connectivity index (χ0n) is 12.3. The third-order valence-electron chi connectivity index (χ3n) is 2.41. The molecule has 0 aliphatic rings. The lowest BCUT2D eigenvalue weighted by Crippen LogP contribution is -2.34. The number of amides is 1. The number of carbonyl (C=O) groups excluding carboxylic acids is 1. The summed E-state index contributed by atoms with van der Waals surface area (Å²) in [6.07, 6.45) is 0.281. The van der Waals surface area contributed by atoms with E-state index in [4.69, 9.17) is 13.9 Å². The average molecular weight is 269 g/mol. The summed E-state index contributed by atoms with van der Waals surface area (Å²) in [4.78, 5) is 11.7. The molecular weight excluding hydrogens is 246 g/mol. The van der Waals surface area contributed by atoms with Crippen LogP contribution in [0.4, 0.5) is 4.79 Å². The van der Waals surface area contributed by atoms with Crippen LogP contribution in [0.25, 0.3) is 0 Å². The van der Waals surface area contributed by atoms with Crippen LogP contribution in [-0.4, -0.2) is 18.8 Å². The van der Waals surface area contributed by atoms with E-state index in [0.717, 1.165) is 12.2 Å². The standard InChI is InChI=1S/C14H23NO4/c1-6-11(15-13(16)19-14(2,3)4)12-8-7-10(18-12)9-17-5/h7-8,11H,6,9H2,1-5H3,(H,15,16). The third-order valence-corrected chi connectivity index (χ3v) is 2.41. The smallest absolute Gasteiger partial charge is 0.408 e. The lowest BCUT2D eigenvalue weighted by Gasteiger charge is -2.22. The molecule has 0 radical (unpaired) electrons. The van der Waals surface area contributed by atoms with Crippen molar-refractivity contribution in [2.75, 3.05) is 7.11 Å². The molecule has 1 unspecified atom stereocenters. The van der Waals surface area contributed by atoms with Crippen LogP contribution < -0.4 is 5.32 Å². The second-order valence-corrected chi connectivity index (χ2v) is 5.34. The van der Waals surface area contributed by atoms with Gasteiger partial charge < -0.3 is 19.2 Å². The van der Waals surface area contributed by atoms with Crippen molar-refractivity contribution < 1.29 is 18.7 Å². The highest BCUT2D eigenvalue weighted by molar-refractivity contribution is 5.68. The van der Waals surface area contributed by atoms with Gasteiger partial charge in [-0.15, -0.1) is 0 Å². The van der Waals surface area contributed by atoms with Gasteiger partial charge in [0.2, 0.25) is 0 Å². The van der Waals surface area contributed by atoms with Gasteiger partial charge in [0.05, 0.1) is 6.04 Å². The first kappa shape index (κ1) is 15.6. The number of hydrogen-bond acceptors (Lipinski definition) is 4. The first-order valence-corrected chi connectivity index (χ1v) is 6.42. The van der Waals surface area contributed by atoms with E-state index in [1.165, 1.54) is 0 Å². The van der Waals surface area contributed by atoms with Gasteiger partial charge in [-0.05, 0) is 39.3 Å². The highest BCUT2D eigenvalue weighted by Crippen LogP contribution is 2.20. The summed E-state index contributed by atoms with van der Waals surface area (Å²) < 4.78 is 15.8. The Morgan fingerprint density at radius 3 is 2.63 bits per heavy atom. The molecule has 1 aromatic heterocycles. The molecule has 1 heterocycles. The van der Waals surface area contributed by atoms with Gasteiger partial charge in [-0.2, -0.15) is 0 Å². The number of methoxy groups -OCH3 is 1. The number of rotatable bonds is 5. The van der Waals surface area contributed by atoms with E-state index in [1.54, 1.807) is 7.11 Å². The fourth-order valence-corrected chi connectivity index (χ4v) is 1.63. The minimum atomic E-state index is -0.507. The molecule has 19 heavy (non-hydrogen) atoms. The van der Waals surface area contributed by atoms with Gasteiger partial charge in [0.15, 0.2) is 0 Å². The van der Waals surface area contributed by atoms with Crippen molar-refractivity contribution in [1.82, 2.24) is 5.32 Å². The second-order valence-electron chi connectivity index (χ2n) is 5.34. The van der Waals surface area contributed by atoms with E-state index in [0.29, 0.717) is 12.4 Å². The van der Waals surface area contributed by atoms with E-state index in [1.807, 2.05) is 39.8 Å². The number of furan rings is 1. The molecule has 0 aliphatic carbocycles. The van der Waals surface area contributed by atoms with E-state index in [9.17, 15) is 4.79 Å². The molecule has 5 heteroatoms. The van der Waals surface area contributed by atoms with Crippen molar-refractivity contribution in [3.8, 4) is 0 Å². The first-order valence-electron chi connectivity index (χ1n) is 6.42. The summed E-state index contributed by atoms with van der Waals surface area (Å²) in [5.74, 6) is 1.45. The Kier molecular flexibility index (Phi) is 5.42. The van der Waals surface area contributed by atoms with Crippen LogP contribution in [0.2, 0.25) is 0 Å². The molecule has 1 rings (SSSR count). The summed E-state index contributed by atoms with van der Waals surface area (Å²) in [6.45, 7) is 7.88. The minimum Gasteiger partial charge on any atom is -0.461 e. The van der Waals surface area contributed by atoms with Gasteiger partial charge in [-0.25, -0.2) is 4.79 Å². The molecule has 0 spiro atoms. The molecule has 0 fully saturated rings. The van der Waals surface area contributed by atoms with Crippen molar-refractivity contribution in [1.29, 1.82) is 0 Å². The lowest BCUT2D eigenvalue weighted by atomic mass is 10.2. The van der Waals surface area contributed by atoms with Gasteiger partial charge in [0.25, 0.3) is 0 Å². The average Bonchev–Trinajstić information content (AvgIpc) is 2.72. The fourth-order valence-electron chi connectivity index (χ4n) is 1.63. The lowest BCUT2D eigenvalue weighted by molar-refractivity contribution is 0.0494. The molecule has 1 N–H and O–H groups in total. The molecule has 0 saturated carbocycles. The Morgan fingerprint density at radius 2 is 2.11 bits per heavy atom. The molecule has 0 aromatic carbocycles. The van der Waals surface area contributed by atoms with E-state index in [2.05, 4.69) is 5.32 Å². The van der Waals surface area contributed by atoms with Gasteiger partial charge >= 0.3 is 6.09 Å². The van der Waals surface area contributed by atoms with Gasteiger partial charge in [-0.1, -0.05) is 6.92 Å². The van der Waals surface area contributed by atoms with Crippen LogP contribution in [0.15, 0.2) is 16.5 Å². The monoisotopic (exact) mass is 269 g/mol. The zero-order valence-corrected chi connectivity index (χ0v) is 12.3. The number of nitrogens with one attached hydrogen (secondary N) is 1. The highest BCUT2D eigenvalue weighted by atomic mass is 16.6. The maximum atomic E-state index is 11.7. The van der Waals surface area contributed by atoms with Crippen LogP contribution >= 0.6 is 0 Å². The summed E-state index contributed by atoms with van der Waals surface area (Å²) in [5, 5.41) is 2.80. The topological polar surface area (TPSA) is 60.7 Å². The Hall–Kier alpha value is -1.49. The van der Waals surface area contributed by atoms with E-state index in [-0.39, 0.29) is 6.04 Å². The fraction of sp³-hybridized carbons (Fsp3) is 0.643. The number of hydrogen-bond donors (Lipinski definition) is 1. The molecular formula is C14H23NO4. The highest BCUT2D eigenvalue weighted by Gasteiger charge is 2.21. The van der Waals surface area contributed by atoms with Crippen molar-refractivity contribution in [3.05, 3.63) is 23.7 Å². The van der Waals surface area contributed by atoms with E-state index >= 15 is 0 Å². The molecule has 1 atom stereocenters. The van der Waals surface area contributed by atoms with Crippen molar-refractivity contribution in [3.63, 3.8) is 0 Å². The number of alkyl carbamates (subject to hydrolysis) is 1. The molecule has 1 aromatic rings. The Bertz CT molecular complexity index is 406. The first-order chi connectivity index (χ1) is 8.85. The molecule has 1 amide bonds. The predicted molar refractivity (Wildman–Crippen MR) is 71.8 cm³/mol. The molecule has 0 saturated heterocycles. The van der Waals surface area contributed by atoms with Crippen LogP contribution in [0.1, 0.15) is 51.7 Å². The summed E-state index contributed by atoms with van der Waals surface area (Å²) >= 11 is 0. The summed E-state index contributed by atoms with van der Waals surface area (Å²) in [6, 6.07) is 3.50. The van der Waals surface area contributed by atoms with Crippen LogP contribution in [0.3, 0.4) is 0 Å². The van der Waals surface area contributed by atoms with Crippen LogP contribution in [0.5, 0.6) is 0 Å². The predicted octanol–water partition coefficient (Wildman–Crippen LogP) is 3.40. The number of ether oxygens (including phenoxy) is 2.